The first-order valence-electron chi connectivity index (χ1n) is 6.61. The van der Waals surface area contributed by atoms with Crippen LogP contribution < -0.4 is 4.74 Å². The molecule has 0 heterocycles. The fourth-order valence-electron chi connectivity index (χ4n) is 2.36. The van der Waals surface area contributed by atoms with E-state index in [2.05, 4.69) is 0 Å². The SMILES string of the molecule is Cc1cc(C)c(OCc2cc(C(=O)O)ccc2F)c(C)c1. The van der Waals surface area contributed by atoms with Gasteiger partial charge < -0.3 is 9.84 Å². The van der Waals surface area contributed by atoms with Gasteiger partial charge in [-0.1, -0.05) is 17.7 Å². The second kappa shape index (κ2) is 5.95. The van der Waals surface area contributed by atoms with Crippen LogP contribution in [0.15, 0.2) is 30.3 Å². The van der Waals surface area contributed by atoms with E-state index in [1.807, 2.05) is 32.9 Å². The number of ether oxygens (including phenoxy) is 1. The van der Waals surface area contributed by atoms with Crippen molar-refractivity contribution in [3.63, 3.8) is 0 Å². The number of rotatable bonds is 4. The Balaban J connectivity index is 2.24. The van der Waals surface area contributed by atoms with Crippen molar-refractivity contribution in [1.82, 2.24) is 0 Å². The molecule has 4 heteroatoms. The summed E-state index contributed by atoms with van der Waals surface area (Å²) in [5.74, 6) is -0.845. The van der Waals surface area contributed by atoms with Gasteiger partial charge in [0.1, 0.15) is 18.2 Å². The molecule has 0 fully saturated rings. The number of hydrogen-bond acceptors (Lipinski definition) is 2. The number of aromatic carboxylic acids is 1. The van der Waals surface area contributed by atoms with Crippen molar-refractivity contribution in [1.29, 1.82) is 0 Å². The summed E-state index contributed by atoms with van der Waals surface area (Å²) in [5.41, 5.74) is 3.36. The van der Waals surface area contributed by atoms with Gasteiger partial charge in [-0.2, -0.15) is 0 Å². The van der Waals surface area contributed by atoms with Crippen molar-refractivity contribution in [2.75, 3.05) is 0 Å². The third-order valence-corrected chi connectivity index (χ3v) is 3.27. The number of carboxylic acids is 1. The van der Waals surface area contributed by atoms with Crippen LogP contribution in [0.3, 0.4) is 0 Å². The van der Waals surface area contributed by atoms with E-state index in [1.165, 1.54) is 12.1 Å². The molecule has 0 saturated carbocycles. The molecule has 0 aromatic heterocycles. The van der Waals surface area contributed by atoms with Crippen LogP contribution in [0.1, 0.15) is 32.6 Å². The van der Waals surface area contributed by atoms with Crippen LogP contribution in [-0.4, -0.2) is 11.1 Å². The van der Waals surface area contributed by atoms with Crippen molar-refractivity contribution >= 4 is 5.97 Å². The first kappa shape index (κ1) is 15.0. The van der Waals surface area contributed by atoms with E-state index in [-0.39, 0.29) is 17.7 Å². The molecule has 2 rings (SSSR count). The van der Waals surface area contributed by atoms with Crippen molar-refractivity contribution in [2.24, 2.45) is 0 Å². The number of halogens is 1. The lowest BCUT2D eigenvalue weighted by Gasteiger charge is -2.14. The highest BCUT2D eigenvalue weighted by Gasteiger charge is 2.11. The molecule has 0 amide bonds. The third-order valence-electron chi connectivity index (χ3n) is 3.27. The van der Waals surface area contributed by atoms with Gasteiger partial charge in [0.05, 0.1) is 5.56 Å². The van der Waals surface area contributed by atoms with Crippen LogP contribution in [0.4, 0.5) is 4.39 Å². The van der Waals surface area contributed by atoms with E-state index in [0.29, 0.717) is 5.75 Å². The molecular weight excluding hydrogens is 271 g/mol. The summed E-state index contributed by atoms with van der Waals surface area (Å²) in [6.07, 6.45) is 0. The molecule has 0 bridgehead atoms. The summed E-state index contributed by atoms with van der Waals surface area (Å²) in [6, 6.07) is 7.68. The summed E-state index contributed by atoms with van der Waals surface area (Å²) in [5, 5.41) is 8.94. The Morgan fingerprint density at radius 2 is 1.76 bits per heavy atom. The van der Waals surface area contributed by atoms with Crippen LogP contribution in [-0.2, 0) is 6.61 Å². The lowest BCUT2D eigenvalue weighted by atomic mass is 10.1. The molecule has 0 atom stereocenters. The highest BCUT2D eigenvalue weighted by atomic mass is 19.1. The van der Waals surface area contributed by atoms with Crippen LogP contribution in [0, 0.1) is 26.6 Å². The molecule has 2 aromatic carbocycles. The molecule has 0 unspecified atom stereocenters. The zero-order valence-electron chi connectivity index (χ0n) is 12.2. The number of aryl methyl sites for hydroxylation is 3. The quantitative estimate of drug-likeness (QED) is 0.924. The lowest BCUT2D eigenvalue weighted by Crippen LogP contribution is -2.04. The van der Waals surface area contributed by atoms with Crippen LogP contribution in [0.5, 0.6) is 5.75 Å². The first-order chi connectivity index (χ1) is 9.88. The van der Waals surface area contributed by atoms with Crippen LogP contribution in [0.25, 0.3) is 0 Å². The van der Waals surface area contributed by atoms with Crippen LogP contribution >= 0.6 is 0 Å². The highest BCUT2D eigenvalue weighted by Crippen LogP contribution is 2.26. The molecular formula is C17H17FO3. The van der Waals surface area contributed by atoms with Gasteiger partial charge in [-0.15, -0.1) is 0 Å². The minimum absolute atomic E-state index is 0.00229. The monoisotopic (exact) mass is 288 g/mol. The Labute approximate surface area is 123 Å². The van der Waals surface area contributed by atoms with Gasteiger partial charge in [-0.3, -0.25) is 0 Å². The Hall–Kier alpha value is -2.36. The van der Waals surface area contributed by atoms with Crippen molar-refractivity contribution < 1.29 is 19.0 Å². The maximum absolute atomic E-state index is 13.7. The minimum Gasteiger partial charge on any atom is -0.488 e. The van der Waals surface area contributed by atoms with Gasteiger partial charge in [0.2, 0.25) is 0 Å². The highest BCUT2D eigenvalue weighted by molar-refractivity contribution is 5.87. The third kappa shape index (κ3) is 3.40. The minimum atomic E-state index is -1.08. The molecule has 0 radical (unpaired) electrons. The topological polar surface area (TPSA) is 46.5 Å². The fraction of sp³-hybridized carbons (Fsp3) is 0.235. The summed E-state index contributed by atoms with van der Waals surface area (Å²) >= 11 is 0. The summed E-state index contributed by atoms with van der Waals surface area (Å²) in [7, 11) is 0. The maximum Gasteiger partial charge on any atom is 0.335 e. The average Bonchev–Trinajstić information content (AvgIpc) is 2.39. The van der Waals surface area contributed by atoms with Gasteiger partial charge in [0, 0.05) is 5.56 Å². The Morgan fingerprint density at radius 3 is 2.33 bits per heavy atom. The normalized spacial score (nSPS) is 10.5. The number of hydrogen-bond donors (Lipinski definition) is 1. The van der Waals surface area contributed by atoms with E-state index in [4.69, 9.17) is 9.84 Å². The second-order valence-electron chi connectivity index (χ2n) is 5.13. The predicted octanol–water partition coefficient (Wildman–Crippen LogP) is 4.03. The van der Waals surface area contributed by atoms with E-state index >= 15 is 0 Å². The maximum atomic E-state index is 13.7. The van der Waals surface area contributed by atoms with Gasteiger partial charge >= 0.3 is 5.97 Å². The van der Waals surface area contributed by atoms with Gasteiger partial charge in [0.15, 0.2) is 0 Å². The number of carboxylic acid groups (broad SMARTS) is 1. The van der Waals surface area contributed by atoms with Gasteiger partial charge in [-0.05, 0) is 50.1 Å². The largest absolute Gasteiger partial charge is 0.488 e. The fourth-order valence-corrected chi connectivity index (χ4v) is 2.36. The molecule has 2 aromatic rings. The van der Waals surface area contributed by atoms with Gasteiger partial charge in [-0.25, -0.2) is 9.18 Å². The smallest absolute Gasteiger partial charge is 0.335 e. The number of carbonyl (C=O) groups is 1. The van der Waals surface area contributed by atoms with Crippen LogP contribution in [0.2, 0.25) is 0 Å². The summed E-state index contributed by atoms with van der Waals surface area (Å²) in [4.78, 5) is 10.9. The average molecular weight is 288 g/mol. The predicted molar refractivity (Wildman–Crippen MR) is 78.3 cm³/mol. The summed E-state index contributed by atoms with van der Waals surface area (Å²) in [6.45, 7) is 5.86. The molecule has 110 valence electrons. The zero-order valence-corrected chi connectivity index (χ0v) is 12.2. The van der Waals surface area contributed by atoms with E-state index in [1.54, 1.807) is 0 Å². The van der Waals surface area contributed by atoms with E-state index in [0.717, 1.165) is 22.8 Å². The Morgan fingerprint density at radius 1 is 1.14 bits per heavy atom. The van der Waals surface area contributed by atoms with Crippen molar-refractivity contribution in [3.05, 3.63) is 64.0 Å². The zero-order chi connectivity index (χ0) is 15.6. The molecule has 0 aliphatic heterocycles. The molecule has 21 heavy (non-hydrogen) atoms. The molecule has 0 spiro atoms. The summed E-state index contributed by atoms with van der Waals surface area (Å²) < 4.78 is 19.4. The molecule has 3 nitrogen and oxygen atoms in total. The van der Waals surface area contributed by atoms with Gasteiger partial charge in [0.25, 0.3) is 0 Å². The Bertz CT molecular complexity index is 669. The molecule has 0 aliphatic rings. The van der Waals surface area contributed by atoms with E-state index < -0.39 is 11.8 Å². The number of benzene rings is 2. The van der Waals surface area contributed by atoms with Crippen molar-refractivity contribution in [2.45, 2.75) is 27.4 Å². The molecule has 1 N–H and O–H groups in total. The molecule has 0 saturated heterocycles. The first-order valence-corrected chi connectivity index (χ1v) is 6.61. The van der Waals surface area contributed by atoms with E-state index in [9.17, 15) is 9.18 Å². The Kier molecular flexibility index (Phi) is 4.26. The molecule has 0 aliphatic carbocycles. The standard InChI is InChI=1S/C17H17FO3/c1-10-6-11(2)16(12(3)7-10)21-9-14-8-13(17(19)20)4-5-15(14)18/h4-8H,9H2,1-3H3,(H,19,20). The second-order valence-corrected chi connectivity index (χ2v) is 5.13. The van der Waals surface area contributed by atoms with Crippen molar-refractivity contribution in [3.8, 4) is 5.75 Å². The lowest BCUT2D eigenvalue weighted by molar-refractivity contribution is 0.0696.